The van der Waals surface area contributed by atoms with Crippen molar-refractivity contribution in [1.82, 2.24) is 18.9 Å². The molecule has 0 N–H and O–H groups in total. The van der Waals surface area contributed by atoms with Crippen molar-refractivity contribution in [2.24, 2.45) is 0 Å². The first-order valence-corrected chi connectivity index (χ1v) is 16.7. The van der Waals surface area contributed by atoms with E-state index in [1.165, 1.54) is 69.0 Å². The van der Waals surface area contributed by atoms with E-state index in [1.807, 2.05) is 35.6 Å². The predicted octanol–water partition coefficient (Wildman–Crippen LogP) is 11.4. The first-order chi connectivity index (χ1) is 23.3. The number of fused-ring (bicyclic) bond motifs is 16. The molecule has 0 amide bonds. The van der Waals surface area contributed by atoms with E-state index in [1.54, 1.807) is 0 Å². The third kappa shape index (κ3) is 2.94. The molecule has 12 aromatic rings. The lowest BCUT2D eigenvalue weighted by atomic mass is 9.99. The lowest BCUT2D eigenvalue weighted by Crippen LogP contribution is -1.94. The molecule has 0 radical (unpaired) electrons. The average molecular weight is 615 g/mol. The van der Waals surface area contributed by atoms with Crippen LogP contribution in [0.4, 0.5) is 0 Å². The molecule has 0 aliphatic carbocycles. The summed E-state index contributed by atoms with van der Waals surface area (Å²) in [5.41, 5.74) is 9.62. The maximum Gasteiger partial charge on any atom is 0.165 e. The van der Waals surface area contributed by atoms with Gasteiger partial charge in [0.2, 0.25) is 0 Å². The molecule has 0 spiro atoms. The van der Waals surface area contributed by atoms with Gasteiger partial charge < -0.3 is 4.57 Å². The van der Waals surface area contributed by atoms with Crippen LogP contribution in [0.3, 0.4) is 0 Å². The average Bonchev–Trinajstić information content (AvgIpc) is 3.86. The minimum Gasteiger partial charge on any atom is -0.309 e. The zero-order valence-electron chi connectivity index (χ0n) is 24.9. The van der Waals surface area contributed by atoms with Gasteiger partial charge in [-0.3, -0.25) is 4.40 Å². The van der Waals surface area contributed by atoms with Crippen molar-refractivity contribution in [3.8, 4) is 5.69 Å². The van der Waals surface area contributed by atoms with Gasteiger partial charge in [0.15, 0.2) is 5.65 Å². The molecule has 0 bridgehead atoms. The molecule has 5 heteroatoms. The molecule has 47 heavy (non-hydrogen) atoms. The van der Waals surface area contributed by atoms with Gasteiger partial charge in [-0.2, -0.15) is 0 Å². The molecule has 0 saturated carbocycles. The van der Waals surface area contributed by atoms with Crippen LogP contribution in [0.2, 0.25) is 0 Å². The Bertz CT molecular complexity index is 3310. The molecule has 0 atom stereocenters. The summed E-state index contributed by atoms with van der Waals surface area (Å²) in [6, 6.07) is 48.6. The highest BCUT2D eigenvalue weighted by atomic mass is 32.1. The zero-order valence-corrected chi connectivity index (χ0v) is 25.7. The van der Waals surface area contributed by atoms with Gasteiger partial charge in [-0.1, -0.05) is 78.9 Å². The smallest absolute Gasteiger partial charge is 0.165 e. The quantitative estimate of drug-likeness (QED) is 0.184. The first kappa shape index (κ1) is 24.2. The van der Waals surface area contributed by atoms with E-state index >= 15 is 0 Å². The van der Waals surface area contributed by atoms with Gasteiger partial charge in [0.25, 0.3) is 0 Å². The van der Waals surface area contributed by atoms with Gasteiger partial charge in [-0.05, 0) is 65.4 Å². The standard InChI is InChI=1S/C42H22N4S/c1-5-14-33-27(8-1)38-24-18-21-37-39(28-9-2-6-15-36(28)47-37)25(24)17-20-35(38)45(33)23-16-19-34-30(22-23)26-10-7-11-29-40-42(46(34)41(26)29)44-32-13-4-3-12-31(32)43-40/h1-22H. The summed E-state index contributed by atoms with van der Waals surface area (Å²) in [4.78, 5) is 10.2. The normalized spacial score (nSPS) is 12.7. The molecule has 0 unspecified atom stereocenters. The summed E-state index contributed by atoms with van der Waals surface area (Å²) in [5, 5.41) is 11.5. The largest absolute Gasteiger partial charge is 0.309 e. The van der Waals surface area contributed by atoms with Gasteiger partial charge in [0.1, 0.15) is 5.52 Å². The van der Waals surface area contributed by atoms with Crippen molar-refractivity contribution in [1.29, 1.82) is 0 Å². The summed E-state index contributed by atoms with van der Waals surface area (Å²) >= 11 is 1.88. The summed E-state index contributed by atoms with van der Waals surface area (Å²) in [6.45, 7) is 0. The van der Waals surface area contributed by atoms with Crippen LogP contribution < -0.4 is 0 Å². The second kappa shape index (κ2) is 8.40. The van der Waals surface area contributed by atoms with Crippen molar-refractivity contribution in [2.45, 2.75) is 0 Å². The highest BCUT2D eigenvalue weighted by Crippen LogP contribution is 2.44. The number of nitrogens with zero attached hydrogens (tertiary/aromatic N) is 4. The molecule has 5 aromatic heterocycles. The molecule has 4 nitrogen and oxygen atoms in total. The number of para-hydroxylation sites is 4. The Labute approximate surface area is 270 Å². The highest BCUT2D eigenvalue weighted by molar-refractivity contribution is 7.26. The topological polar surface area (TPSA) is 35.1 Å². The fourth-order valence-corrected chi connectivity index (χ4v) is 9.43. The van der Waals surface area contributed by atoms with Gasteiger partial charge in [0, 0.05) is 52.8 Å². The summed E-state index contributed by atoms with van der Waals surface area (Å²) in [6.07, 6.45) is 0. The fourth-order valence-electron chi connectivity index (χ4n) is 8.31. The van der Waals surface area contributed by atoms with Gasteiger partial charge in [0.05, 0.1) is 33.1 Å². The lowest BCUT2D eigenvalue weighted by molar-refractivity contribution is 1.18. The van der Waals surface area contributed by atoms with E-state index in [2.05, 4.69) is 118 Å². The molecule has 216 valence electrons. The highest BCUT2D eigenvalue weighted by Gasteiger charge is 2.22. The minimum atomic E-state index is 0.910. The summed E-state index contributed by atoms with van der Waals surface area (Å²) < 4.78 is 7.43. The molecular formula is C42H22N4S. The monoisotopic (exact) mass is 614 g/mol. The predicted molar refractivity (Wildman–Crippen MR) is 199 cm³/mol. The van der Waals surface area contributed by atoms with Crippen LogP contribution in [0.25, 0.3) is 108 Å². The lowest BCUT2D eigenvalue weighted by Gasteiger charge is -2.10. The molecule has 0 saturated heterocycles. The van der Waals surface area contributed by atoms with Gasteiger partial charge in [-0.15, -0.1) is 11.3 Å². The Morgan fingerprint density at radius 3 is 2.11 bits per heavy atom. The molecule has 12 rings (SSSR count). The number of hydrogen-bond acceptors (Lipinski definition) is 3. The Morgan fingerprint density at radius 2 is 1.17 bits per heavy atom. The molecule has 7 aromatic carbocycles. The Hall–Kier alpha value is -6.04. The summed E-state index contributed by atoms with van der Waals surface area (Å²) in [7, 11) is 0. The van der Waals surface area contributed by atoms with E-state index in [4.69, 9.17) is 9.97 Å². The SMILES string of the molecule is c1ccc2nc3c(nc2c1)c1cccc2c4cc(-n5c6ccccc6c6c7ccc8sc9ccccc9c8c7ccc65)ccc4n3c21. The maximum atomic E-state index is 5.13. The number of thiophene rings is 1. The van der Waals surface area contributed by atoms with Crippen LogP contribution >= 0.6 is 11.3 Å². The van der Waals surface area contributed by atoms with E-state index in [0.717, 1.165) is 38.8 Å². The molecule has 0 aliphatic heterocycles. The zero-order chi connectivity index (χ0) is 30.4. The molecular weight excluding hydrogens is 593 g/mol. The van der Waals surface area contributed by atoms with Crippen molar-refractivity contribution in [3.63, 3.8) is 0 Å². The fraction of sp³-hybridized carbons (Fsp3) is 0. The van der Waals surface area contributed by atoms with Gasteiger partial charge in [-0.25, -0.2) is 9.97 Å². The van der Waals surface area contributed by atoms with Gasteiger partial charge >= 0.3 is 0 Å². The Kier molecular flexibility index (Phi) is 4.33. The molecule has 0 aliphatic rings. The van der Waals surface area contributed by atoms with E-state index < -0.39 is 0 Å². The minimum absolute atomic E-state index is 0.910. The first-order valence-electron chi connectivity index (χ1n) is 15.9. The number of rotatable bonds is 1. The third-order valence-corrected chi connectivity index (χ3v) is 11.4. The van der Waals surface area contributed by atoms with E-state index in [-0.39, 0.29) is 0 Å². The van der Waals surface area contributed by atoms with Crippen LogP contribution in [0, 0.1) is 0 Å². The Balaban J connectivity index is 1.18. The number of benzene rings is 7. The van der Waals surface area contributed by atoms with Crippen molar-refractivity contribution >= 4 is 113 Å². The number of hydrogen-bond donors (Lipinski definition) is 0. The molecule has 0 fully saturated rings. The second-order valence-electron chi connectivity index (χ2n) is 12.6. The summed E-state index contributed by atoms with van der Waals surface area (Å²) in [5.74, 6) is 0. The van der Waals surface area contributed by atoms with Crippen LogP contribution in [0.15, 0.2) is 133 Å². The van der Waals surface area contributed by atoms with E-state index in [9.17, 15) is 0 Å². The van der Waals surface area contributed by atoms with Crippen molar-refractivity contribution < 1.29 is 0 Å². The Morgan fingerprint density at radius 1 is 0.447 bits per heavy atom. The van der Waals surface area contributed by atoms with Crippen molar-refractivity contribution in [2.75, 3.05) is 0 Å². The van der Waals surface area contributed by atoms with Crippen LogP contribution in [0.1, 0.15) is 0 Å². The third-order valence-electron chi connectivity index (χ3n) is 10.2. The molecule has 5 heterocycles. The number of aromatic nitrogens is 4. The van der Waals surface area contributed by atoms with Crippen molar-refractivity contribution in [3.05, 3.63) is 133 Å². The maximum absolute atomic E-state index is 5.13. The second-order valence-corrected chi connectivity index (χ2v) is 13.7. The van der Waals surface area contributed by atoms with Crippen LogP contribution in [0.5, 0.6) is 0 Å². The van der Waals surface area contributed by atoms with Crippen LogP contribution in [-0.4, -0.2) is 18.9 Å². The van der Waals surface area contributed by atoms with E-state index in [0.29, 0.717) is 0 Å². The van der Waals surface area contributed by atoms with Crippen LogP contribution in [-0.2, 0) is 0 Å².